The van der Waals surface area contributed by atoms with Crippen LogP contribution in [0, 0.1) is 0 Å². The minimum absolute atomic E-state index is 0.0459. The number of halogens is 2. The number of carbonyl (C=O) groups excluding carboxylic acids is 2. The number of amides is 2. The normalized spacial score (nSPS) is 15.6. The van der Waals surface area contributed by atoms with Gasteiger partial charge in [-0.1, -0.05) is 47.5 Å². The highest BCUT2D eigenvalue weighted by molar-refractivity contribution is 7.80. The van der Waals surface area contributed by atoms with E-state index in [2.05, 4.69) is 11.9 Å². The van der Waals surface area contributed by atoms with Crippen LogP contribution in [-0.4, -0.2) is 28.4 Å². The molecule has 5 nitrogen and oxygen atoms in total. The van der Waals surface area contributed by atoms with E-state index in [9.17, 15) is 9.59 Å². The topological polar surface area (TPSA) is 58.6 Å². The fourth-order valence-corrected chi connectivity index (χ4v) is 3.21. The van der Waals surface area contributed by atoms with Crippen molar-refractivity contribution in [2.75, 3.05) is 6.54 Å². The summed E-state index contributed by atoms with van der Waals surface area (Å²) in [6.45, 7) is 3.79. The molecule has 0 spiro atoms. The van der Waals surface area contributed by atoms with Crippen LogP contribution >= 0.6 is 35.4 Å². The van der Waals surface area contributed by atoms with Crippen LogP contribution in [-0.2, 0) is 9.59 Å². The number of ether oxygens (including phenoxy) is 1. The lowest BCUT2D eigenvalue weighted by Crippen LogP contribution is -2.53. The highest BCUT2D eigenvalue weighted by Crippen LogP contribution is 2.34. The van der Waals surface area contributed by atoms with Crippen LogP contribution in [0.1, 0.15) is 5.56 Å². The molecule has 2 aromatic rings. The van der Waals surface area contributed by atoms with Crippen LogP contribution in [0.25, 0.3) is 6.08 Å². The van der Waals surface area contributed by atoms with Crippen molar-refractivity contribution in [3.63, 3.8) is 0 Å². The molecule has 1 aliphatic heterocycles. The molecule has 3 rings (SSSR count). The lowest BCUT2D eigenvalue weighted by molar-refractivity contribution is -0.128. The first-order valence-electron chi connectivity index (χ1n) is 8.12. The maximum absolute atomic E-state index is 12.7. The van der Waals surface area contributed by atoms with Crippen LogP contribution in [0.5, 0.6) is 11.5 Å². The number of nitrogens with zero attached hydrogens (tertiary/aromatic N) is 1. The molecule has 8 heteroatoms. The summed E-state index contributed by atoms with van der Waals surface area (Å²) in [5.74, 6) is -0.267. The Morgan fingerprint density at radius 2 is 1.89 bits per heavy atom. The first-order chi connectivity index (χ1) is 13.4. The fraction of sp³-hybridized carbons (Fsp3) is 0.0500. The van der Waals surface area contributed by atoms with Crippen LogP contribution in [0.3, 0.4) is 0 Å². The Hall–Kier alpha value is -2.67. The molecule has 0 radical (unpaired) electrons. The molecule has 0 aromatic heterocycles. The van der Waals surface area contributed by atoms with E-state index in [-0.39, 0.29) is 17.2 Å². The van der Waals surface area contributed by atoms with E-state index in [1.807, 2.05) is 0 Å². The van der Waals surface area contributed by atoms with Crippen molar-refractivity contribution in [1.29, 1.82) is 0 Å². The summed E-state index contributed by atoms with van der Waals surface area (Å²) in [6, 6.07) is 11.8. The minimum atomic E-state index is -0.574. The number of para-hydroxylation sites is 1. The summed E-state index contributed by atoms with van der Waals surface area (Å²) in [7, 11) is 0. The summed E-state index contributed by atoms with van der Waals surface area (Å²) in [5, 5.41) is 3.37. The molecule has 0 aliphatic carbocycles. The van der Waals surface area contributed by atoms with Crippen LogP contribution in [0.2, 0.25) is 10.0 Å². The van der Waals surface area contributed by atoms with Gasteiger partial charge in [0.1, 0.15) is 17.1 Å². The van der Waals surface area contributed by atoms with Crippen molar-refractivity contribution < 1.29 is 14.3 Å². The number of rotatable bonds is 5. The van der Waals surface area contributed by atoms with Gasteiger partial charge in [-0.25, -0.2) is 0 Å². The second kappa shape index (κ2) is 8.56. The van der Waals surface area contributed by atoms with Crippen molar-refractivity contribution in [3.05, 3.63) is 76.3 Å². The smallest absolute Gasteiger partial charge is 0.265 e. The Balaban J connectivity index is 1.98. The van der Waals surface area contributed by atoms with Gasteiger partial charge in [0.05, 0.1) is 5.02 Å². The molecule has 1 N–H and O–H groups in total. The van der Waals surface area contributed by atoms with Gasteiger partial charge in [-0.2, -0.15) is 0 Å². The molecular formula is C20H14Cl2N2O3S. The monoisotopic (exact) mass is 432 g/mol. The lowest BCUT2D eigenvalue weighted by atomic mass is 10.1. The van der Waals surface area contributed by atoms with Crippen molar-refractivity contribution in [1.82, 2.24) is 10.2 Å². The number of thiocarbonyl (C=S) groups is 1. The highest BCUT2D eigenvalue weighted by atomic mass is 35.5. The van der Waals surface area contributed by atoms with Gasteiger partial charge < -0.3 is 4.74 Å². The third-order valence-electron chi connectivity index (χ3n) is 3.83. The summed E-state index contributed by atoms with van der Waals surface area (Å²) in [6.07, 6.45) is 2.98. The molecule has 28 heavy (non-hydrogen) atoms. The van der Waals surface area contributed by atoms with E-state index < -0.39 is 11.8 Å². The quantitative estimate of drug-likeness (QED) is 0.324. The van der Waals surface area contributed by atoms with Crippen LogP contribution in [0.15, 0.2) is 60.7 Å². The standard InChI is InChI=1S/C20H14Cl2N2O3S/c1-2-9-24-19(26)14(18(25)23-20(24)28)10-12-5-3-4-6-16(12)27-17-8-7-13(21)11-15(17)22/h2-8,10-11H,1,9H2,(H,23,25,28). The summed E-state index contributed by atoms with van der Waals surface area (Å²) < 4.78 is 5.87. The number of hydrogen-bond donors (Lipinski definition) is 1. The van der Waals surface area contributed by atoms with Gasteiger partial charge in [-0.05, 0) is 42.6 Å². The molecule has 2 aromatic carbocycles. The lowest BCUT2D eigenvalue weighted by Gasteiger charge is -2.27. The van der Waals surface area contributed by atoms with Gasteiger partial charge >= 0.3 is 0 Å². The highest BCUT2D eigenvalue weighted by Gasteiger charge is 2.32. The van der Waals surface area contributed by atoms with Crippen molar-refractivity contribution in [2.45, 2.75) is 0 Å². The van der Waals surface area contributed by atoms with Gasteiger partial charge in [0, 0.05) is 17.1 Å². The molecule has 0 unspecified atom stereocenters. The molecular weight excluding hydrogens is 419 g/mol. The number of nitrogens with one attached hydrogen (secondary N) is 1. The molecule has 0 saturated carbocycles. The van der Waals surface area contributed by atoms with E-state index >= 15 is 0 Å². The van der Waals surface area contributed by atoms with E-state index in [0.717, 1.165) is 0 Å². The van der Waals surface area contributed by atoms with E-state index in [1.165, 1.54) is 17.1 Å². The Bertz CT molecular complexity index is 1020. The Kier molecular flexibility index (Phi) is 6.14. The molecule has 1 heterocycles. The average Bonchev–Trinajstić information content (AvgIpc) is 2.65. The molecule has 1 saturated heterocycles. The SMILES string of the molecule is C=CCN1C(=O)C(=Cc2ccccc2Oc2ccc(Cl)cc2Cl)C(=O)NC1=S. The summed E-state index contributed by atoms with van der Waals surface area (Å²) >= 11 is 17.1. The third kappa shape index (κ3) is 4.25. The zero-order valence-corrected chi connectivity index (χ0v) is 16.8. The van der Waals surface area contributed by atoms with E-state index in [0.29, 0.717) is 27.1 Å². The number of hydrogen-bond acceptors (Lipinski definition) is 4. The molecule has 0 atom stereocenters. The molecule has 1 fully saturated rings. The molecule has 2 amide bonds. The van der Waals surface area contributed by atoms with Crippen molar-refractivity contribution >= 4 is 58.4 Å². The molecule has 1 aliphatic rings. The van der Waals surface area contributed by atoms with E-state index in [4.69, 9.17) is 40.2 Å². The zero-order valence-electron chi connectivity index (χ0n) is 14.4. The Labute approximate surface area is 177 Å². The molecule has 142 valence electrons. The van der Waals surface area contributed by atoms with Gasteiger partial charge in [0.15, 0.2) is 5.11 Å². The van der Waals surface area contributed by atoms with Crippen LogP contribution in [0.4, 0.5) is 0 Å². The van der Waals surface area contributed by atoms with Gasteiger partial charge in [-0.3, -0.25) is 19.8 Å². The fourth-order valence-electron chi connectivity index (χ4n) is 2.51. The van der Waals surface area contributed by atoms with Crippen molar-refractivity contribution in [3.8, 4) is 11.5 Å². The predicted octanol–water partition coefficient (Wildman–Crippen LogP) is 4.60. The number of carbonyl (C=O) groups is 2. The van der Waals surface area contributed by atoms with Gasteiger partial charge in [-0.15, -0.1) is 6.58 Å². The molecule has 0 bridgehead atoms. The number of benzene rings is 2. The Morgan fingerprint density at radius 1 is 1.14 bits per heavy atom. The Morgan fingerprint density at radius 3 is 2.61 bits per heavy atom. The summed E-state index contributed by atoms with van der Waals surface area (Å²) in [4.78, 5) is 26.3. The van der Waals surface area contributed by atoms with Crippen molar-refractivity contribution in [2.24, 2.45) is 0 Å². The second-order valence-electron chi connectivity index (χ2n) is 5.74. The minimum Gasteiger partial charge on any atom is -0.455 e. The van der Waals surface area contributed by atoms with Gasteiger partial charge in [0.2, 0.25) is 0 Å². The maximum atomic E-state index is 12.7. The first-order valence-corrected chi connectivity index (χ1v) is 9.29. The predicted molar refractivity (Wildman–Crippen MR) is 114 cm³/mol. The van der Waals surface area contributed by atoms with E-state index in [1.54, 1.807) is 42.5 Å². The van der Waals surface area contributed by atoms with Gasteiger partial charge in [0.25, 0.3) is 11.8 Å². The third-order valence-corrected chi connectivity index (χ3v) is 4.68. The average molecular weight is 433 g/mol. The maximum Gasteiger partial charge on any atom is 0.265 e. The first kappa shape index (κ1) is 20.1. The van der Waals surface area contributed by atoms with Crippen LogP contribution < -0.4 is 10.1 Å². The largest absolute Gasteiger partial charge is 0.455 e. The zero-order chi connectivity index (χ0) is 20.3. The second-order valence-corrected chi connectivity index (χ2v) is 6.97. The summed E-state index contributed by atoms with van der Waals surface area (Å²) in [5.41, 5.74) is 0.465.